The van der Waals surface area contributed by atoms with Crippen LogP contribution in [0, 0.1) is 0 Å². The van der Waals surface area contributed by atoms with Crippen LogP contribution in [0.15, 0.2) is 24.3 Å². The molecule has 0 bridgehead atoms. The molecule has 0 fully saturated rings. The number of methoxy groups -OCH3 is 1. The van der Waals surface area contributed by atoms with Crippen LogP contribution in [0.25, 0.3) is 0 Å². The first kappa shape index (κ1) is 27.4. The van der Waals surface area contributed by atoms with Gasteiger partial charge in [-0.1, -0.05) is 13.8 Å². The Hall–Kier alpha value is -1.42. The molecule has 0 radical (unpaired) electrons. The third-order valence-corrected chi connectivity index (χ3v) is 2.53. The molecule has 8 heteroatoms. The Morgan fingerprint density at radius 3 is 2.12 bits per heavy atom. The van der Waals surface area contributed by atoms with Crippen LogP contribution in [0.4, 0.5) is 5.69 Å². The summed E-state index contributed by atoms with van der Waals surface area (Å²) in [4.78, 5) is 0. The number of hydrogen-bond donors (Lipinski definition) is 5. The van der Waals surface area contributed by atoms with Gasteiger partial charge >= 0.3 is 0 Å². The van der Waals surface area contributed by atoms with Gasteiger partial charge in [0, 0.05) is 24.9 Å². The number of hydrogen-bond acceptors (Lipinski definition) is 7. The molecule has 7 N–H and O–H groups in total. The van der Waals surface area contributed by atoms with Crippen LogP contribution in [0.2, 0.25) is 0 Å². The molecule has 0 aromatic heterocycles. The van der Waals surface area contributed by atoms with Crippen LogP contribution in [-0.4, -0.2) is 62.5 Å². The molecule has 24 heavy (non-hydrogen) atoms. The second-order valence-electron chi connectivity index (χ2n) is 4.08. The Bertz CT molecular complexity index is 339. The van der Waals surface area contributed by atoms with Gasteiger partial charge in [-0.3, -0.25) is 0 Å². The van der Waals surface area contributed by atoms with E-state index in [0.29, 0.717) is 19.9 Å². The predicted molar refractivity (Wildman–Crippen MR) is 97.8 cm³/mol. The lowest BCUT2D eigenvalue weighted by molar-refractivity contribution is 0.0998. The van der Waals surface area contributed by atoms with Crippen LogP contribution >= 0.6 is 0 Å². The van der Waals surface area contributed by atoms with E-state index in [-0.39, 0.29) is 18.1 Å². The van der Waals surface area contributed by atoms with E-state index in [0.717, 1.165) is 11.4 Å². The molecule has 1 unspecified atom stereocenters. The van der Waals surface area contributed by atoms with Crippen molar-refractivity contribution in [3.63, 3.8) is 0 Å². The van der Waals surface area contributed by atoms with E-state index >= 15 is 0 Å². The summed E-state index contributed by atoms with van der Waals surface area (Å²) in [6.45, 7) is 7.29. The van der Waals surface area contributed by atoms with Crippen LogP contribution in [0.3, 0.4) is 0 Å². The smallest absolute Gasteiger partial charge is 0.119 e. The molecule has 1 atom stereocenters. The fourth-order valence-electron chi connectivity index (χ4n) is 1.40. The molecule has 0 aliphatic carbocycles. The van der Waals surface area contributed by atoms with Gasteiger partial charge < -0.3 is 35.9 Å². The molecule has 0 saturated heterocycles. The zero-order chi connectivity index (χ0) is 17.9. The summed E-state index contributed by atoms with van der Waals surface area (Å²) in [5.74, 6) is 0.825. The number of benzene rings is 1. The zero-order valence-electron chi connectivity index (χ0n) is 15.4. The highest BCUT2D eigenvalue weighted by molar-refractivity contribution is 5.45. The number of nitrogens with one attached hydrogen (secondary N) is 3. The first-order chi connectivity index (χ1) is 11.2. The lowest BCUT2D eigenvalue weighted by Gasteiger charge is -2.15. The molecule has 0 spiro atoms. The highest BCUT2D eigenvalue weighted by Gasteiger charge is 2.04. The second-order valence-corrected chi connectivity index (χ2v) is 4.08. The molecule has 0 saturated carbocycles. The van der Waals surface area contributed by atoms with Gasteiger partial charge in [0.05, 0.1) is 13.7 Å². The van der Waals surface area contributed by atoms with Gasteiger partial charge in [0.2, 0.25) is 0 Å². The molecule has 1 aromatic carbocycles. The molecular formula is C16H35N3O5. The minimum atomic E-state index is 0. The molecule has 0 heterocycles. The Balaban J connectivity index is -0.000000660. The van der Waals surface area contributed by atoms with Crippen LogP contribution in [0.1, 0.15) is 20.8 Å². The summed E-state index contributed by atoms with van der Waals surface area (Å²) >= 11 is 0. The SMILES string of the molecule is CC.CCO.CNC(CNO)COCNc1ccc(OC)cc1.O. The Morgan fingerprint density at radius 1 is 1.17 bits per heavy atom. The van der Waals surface area contributed by atoms with Gasteiger partial charge in [0.15, 0.2) is 0 Å². The third kappa shape index (κ3) is 15.5. The van der Waals surface area contributed by atoms with Crippen LogP contribution < -0.4 is 20.9 Å². The number of ether oxygens (including phenoxy) is 2. The fraction of sp³-hybridized carbons (Fsp3) is 0.625. The van der Waals surface area contributed by atoms with Gasteiger partial charge in [-0.05, 0) is 38.2 Å². The van der Waals surface area contributed by atoms with E-state index in [4.69, 9.17) is 19.8 Å². The molecule has 144 valence electrons. The summed E-state index contributed by atoms with van der Waals surface area (Å²) in [5.41, 5.74) is 3.08. The van der Waals surface area contributed by atoms with Gasteiger partial charge in [0.1, 0.15) is 12.5 Å². The summed E-state index contributed by atoms with van der Waals surface area (Å²) in [7, 11) is 3.46. The molecule has 0 amide bonds. The second kappa shape index (κ2) is 21.6. The quantitative estimate of drug-likeness (QED) is 0.254. The number of rotatable bonds is 9. The number of hydroxylamine groups is 1. The van der Waals surface area contributed by atoms with Gasteiger partial charge in [-0.15, -0.1) is 0 Å². The summed E-state index contributed by atoms with van der Waals surface area (Å²) in [5, 5.41) is 22.3. The minimum Gasteiger partial charge on any atom is -0.497 e. The van der Waals surface area contributed by atoms with Gasteiger partial charge in [-0.25, -0.2) is 5.48 Å². The van der Waals surface area contributed by atoms with E-state index in [2.05, 4.69) is 16.1 Å². The highest BCUT2D eigenvalue weighted by Crippen LogP contribution is 2.14. The maximum Gasteiger partial charge on any atom is 0.119 e. The number of aliphatic hydroxyl groups excluding tert-OH is 1. The van der Waals surface area contributed by atoms with Crippen molar-refractivity contribution in [2.75, 3.05) is 46.0 Å². The zero-order valence-corrected chi connectivity index (χ0v) is 15.4. The van der Waals surface area contributed by atoms with Crippen molar-refractivity contribution < 1.29 is 25.3 Å². The lowest BCUT2D eigenvalue weighted by Crippen LogP contribution is -2.39. The summed E-state index contributed by atoms with van der Waals surface area (Å²) in [6, 6.07) is 7.69. The van der Waals surface area contributed by atoms with E-state index in [1.54, 1.807) is 14.0 Å². The number of likely N-dealkylation sites (N-methyl/N-ethyl adjacent to an activating group) is 1. The van der Waals surface area contributed by atoms with Crippen molar-refractivity contribution >= 4 is 5.69 Å². The van der Waals surface area contributed by atoms with Crippen LogP contribution in [-0.2, 0) is 4.74 Å². The molecule has 0 aliphatic rings. The Kier molecular flexibility index (Phi) is 24.7. The molecule has 8 nitrogen and oxygen atoms in total. The minimum absolute atomic E-state index is 0. The summed E-state index contributed by atoms with van der Waals surface area (Å²) in [6.07, 6.45) is 0. The van der Waals surface area contributed by atoms with Crippen molar-refractivity contribution in [1.82, 2.24) is 10.8 Å². The maximum absolute atomic E-state index is 8.58. The molecule has 1 rings (SSSR count). The topological polar surface area (TPSA) is 127 Å². The van der Waals surface area contributed by atoms with E-state index in [1.165, 1.54) is 0 Å². The van der Waals surface area contributed by atoms with Gasteiger partial charge in [-0.2, -0.15) is 0 Å². The van der Waals surface area contributed by atoms with Crippen molar-refractivity contribution in [2.45, 2.75) is 26.8 Å². The van der Waals surface area contributed by atoms with Crippen LogP contribution in [0.5, 0.6) is 5.75 Å². The van der Waals surface area contributed by atoms with Crippen molar-refractivity contribution in [3.8, 4) is 5.75 Å². The normalized spacial score (nSPS) is 10.1. The van der Waals surface area contributed by atoms with Crippen molar-refractivity contribution in [3.05, 3.63) is 24.3 Å². The molecule has 1 aromatic rings. The lowest BCUT2D eigenvalue weighted by atomic mass is 10.3. The van der Waals surface area contributed by atoms with E-state index in [9.17, 15) is 0 Å². The predicted octanol–water partition coefficient (Wildman–Crippen LogP) is 0.848. The molecule has 0 aliphatic heterocycles. The van der Waals surface area contributed by atoms with E-state index in [1.807, 2.05) is 45.2 Å². The standard InChI is InChI=1S/C12H21N3O3.C2H6O.C2H6.H2O/c1-13-11(7-15-16)8-18-9-14-10-3-5-12(17-2)6-4-10;1-2-3;1-2;/h3-6,11,13-16H,7-9H2,1-2H3;3H,2H2,1H3;1-2H3;1H2. The van der Waals surface area contributed by atoms with Crippen molar-refractivity contribution in [1.29, 1.82) is 0 Å². The monoisotopic (exact) mass is 349 g/mol. The molecular weight excluding hydrogens is 314 g/mol. The maximum atomic E-state index is 8.58. The van der Waals surface area contributed by atoms with Crippen molar-refractivity contribution in [2.24, 2.45) is 0 Å². The fourth-order valence-corrected chi connectivity index (χ4v) is 1.40. The third-order valence-electron chi connectivity index (χ3n) is 2.53. The number of aliphatic hydroxyl groups is 1. The average Bonchev–Trinajstić information content (AvgIpc) is 2.60. The van der Waals surface area contributed by atoms with Gasteiger partial charge in [0.25, 0.3) is 0 Å². The largest absolute Gasteiger partial charge is 0.497 e. The first-order valence-electron chi connectivity index (χ1n) is 7.82. The number of anilines is 1. The van der Waals surface area contributed by atoms with E-state index < -0.39 is 0 Å². The average molecular weight is 349 g/mol. The summed E-state index contributed by atoms with van der Waals surface area (Å²) < 4.78 is 10.5. The first-order valence-corrected chi connectivity index (χ1v) is 7.82. The highest BCUT2D eigenvalue weighted by atomic mass is 16.5. The Labute approximate surface area is 145 Å². The Morgan fingerprint density at radius 2 is 1.71 bits per heavy atom.